The molecule has 3 rings (SSSR count). The Bertz CT molecular complexity index is 977. The Morgan fingerprint density at radius 2 is 1.85 bits per heavy atom. The van der Waals surface area contributed by atoms with Gasteiger partial charge in [0.15, 0.2) is 5.16 Å². The maximum Gasteiger partial charge on any atom is 0.237 e. The third-order valence-corrected chi connectivity index (χ3v) is 6.48. The lowest BCUT2D eigenvalue weighted by Gasteiger charge is -2.15. The van der Waals surface area contributed by atoms with Crippen LogP contribution in [0.1, 0.15) is 28.5 Å². The van der Waals surface area contributed by atoms with Gasteiger partial charge in [0.25, 0.3) is 0 Å². The maximum atomic E-state index is 12.6. The number of carbonyl (C=O) groups excluding carboxylic acids is 1. The van der Waals surface area contributed by atoms with Crippen LogP contribution in [0.4, 0.5) is 11.5 Å². The van der Waals surface area contributed by atoms with Gasteiger partial charge in [-0.15, -0.1) is 11.3 Å². The van der Waals surface area contributed by atoms with E-state index in [0.717, 1.165) is 32.6 Å². The molecule has 0 aliphatic rings. The predicted molar refractivity (Wildman–Crippen MR) is 111 cm³/mol. The molecule has 26 heavy (non-hydrogen) atoms. The monoisotopic (exact) mass is 386 g/mol. The number of thioether (sulfide) groups is 1. The van der Waals surface area contributed by atoms with Crippen molar-refractivity contribution in [2.75, 3.05) is 11.1 Å². The van der Waals surface area contributed by atoms with E-state index in [2.05, 4.69) is 22.2 Å². The van der Waals surface area contributed by atoms with Crippen LogP contribution in [-0.4, -0.2) is 21.1 Å². The van der Waals surface area contributed by atoms with Gasteiger partial charge >= 0.3 is 0 Å². The fourth-order valence-corrected chi connectivity index (χ4v) is 4.63. The van der Waals surface area contributed by atoms with E-state index in [0.29, 0.717) is 11.0 Å². The van der Waals surface area contributed by atoms with Crippen LogP contribution in [0.5, 0.6) is 0 Å². The number of nitrogens with one attached hydrogen (secondary N) is 1. The molecular formula is C19H22N4OS2. The third kappa shape index (κ3) is 3.54. The van der Waals surface area contributed by atoms with Gasteiger partial charge in [0.1, 0.15) is 10.6 Å². The molecule has 1 aromatic carbocycles. The summed E-state index contributed by atoms with van der Waals surface area (Å²) >= 11 is 2.92. The number of benzene rings is 1. The molecule has 0 bridgehead atoms. The lowest BCUT2D eigenvalue weighted by atomic mass is 10.1. The van der Waals surface area contributed by atoms with E-state index < -0.39 is 0 Å². The van der Waals surface area contributed by atoms with Crippen molar-refractivity contribution < 1.29 is 4.79 Å². The fourth-order valence-electron chi connectivity index (χ4n) is 2.76. The molecule has 0 saturated carbocycles. The Kier molecular flexibility index (Phi) is 5.20. The number of nitrogens with zero attached hydrogens (tertiary/aromatic N) is 2. The molecule has 0 saturated heterocycles. The van der Waals surface area contributed by atoms with E-state index in [9.17, 15) is 4.79 Å². The molecule has 3 N–H and O–H groups in total. The van der Waals surface area contributed by atoms with Gasteiger partial charge in [-0.25, -0.2) is 9.97 Å². The number of nitrogens with two attached hydrogens (primary N) is 1. The number of fused-ring (bicyclic) bond motifs is 1. The summed E-state index contributed by atoms with van der Waals surface area (Å²) < 4.78 is 0. The minimum Gasteiger partial charge on any atom is -0.383 e. The zero-order chi connectivity index (χ0) is 19.0. The number of aromatic nitrogens is 2. The molecule has 136 valence electrons. The van der Waals surface area contributed by atoms with E-state index in [-0.39, 0.29) is 11.2 Å². The molecule has 1 atom stereocenters. The number of nitrogen functional groups attached to an aromatic ring is 1. The minimum absolute atomic E-state index is 0.0757. The van der Waals surface area contributed by atoms with Crippen LogP contribution < -0.4 is 11.1 Å². The van der Waals surface area contributed by atoms with Gasteiger partial charge in [-0.3, -0.25) is 4.79 Å². The van der Waals surface area contributed by atoms with Crippen molar-refractivity contribution in [3.05, 3.63) is 39.8 Å². The number of thiophene rings is 1. The van der Waals surface area contributed by atoms with Gasteiger partial charge in [-0.2, -0.15) is 0 Å². The largest absolute Gasteiger partial charge is 0.383 e. The molecule has 1 unspecified atom stereocenters. The smallest absolute Gasteiger partial charge is 0.237 e. The molecule has 2 heterocycles. The highest BCUT2D eigenvalue weighted by Gasteiger charge is 2.20. The topological polar surface area (TPSA) is 80.9 Å². The lowest BCUT2D eigenvalue weighted by Crippen LogP contribution is -2.23. The van der Waals surface area contributed by atoms with Gasteiger partial charge in [-0.05, 0) is 51.3 Å². The molecule has 2 aromatic heterocycles. The Labute approximate surface area is 161 Å². The average molecular weight is 387 g/mol. The van der Waals surface area contributed by atoms with Crippen LogP contribution in [0, 0.1) is 27.7 Å². The highest BCUT2D eigenvalue weighted by atomic mass is 32.2. The summed E-state index contributed by atoms with van der Waals surface area (Å²) in [6.07, 6.45) is 0. The lowest BCUT2D eigenvalue weighted by molar-refractivity contribution is -0.115. The molecule has 0 aliphatic heterocycles. The molecule has 3 aromatic rings. The van der Waals surface area contributed by atoms with Crippen molar-refractivity contribution >= 4 is 50.7 Å². The molecule has 7 heteroatoms. The van der Waals surface area contributed by atoms with Gasteiger partial charge in [0.2, 0.25) is 5.91 Å². The number of carbonyl (C=O) groups is 1. The summed E-state index contributed by atoms with van der Waals surface area (Å²) in [5.41, 5.74) is 10.2. The van der Waals surface area contributed by atoms with Crippen LogP contribution in [0.2, 0.25) is 0 Å². The summed E-state index contributed by atoms with van der Waals surface area (Å²) in [5, 5.41) is 4.13. The molecule has 0 aliphatic carbocycles. The zero-order valence-corrected chi connectivity index (χ0v) is 17.1. The van der Waals surface area contributed by atoms with E-state index in [4.69, 9.17) is 5.73 Å². The summed E-state index contributed by atoms with van der Waals surface area (Å²) in [4.78, 5) is 23.7. The van der Waals surface area contributed by atoms with Crippen LogP contribution in [-0.2, 0) is 4.79 Å². The predicted octanol–water partition coefficient (Wildman–Crippen LogP) is 4.63. The van der Waals surface area contributed by atoms with Crippen LogP contribution >= 0.6 is 23.1 Å². The Hall–Kier alpha value is -2.12. The molecule has 0 fully saturated rings. The highest BCUT2D eigenvalue weighted by molar-refractivity contribution is 8.00. The Morgan fingerprint density at radius 3 is 2.50 bits per heavy atom. The van der Waals surface area contributed by atoms with Crippen molar-refractivity contribution in [1.29, 1.82) is 0 Å². The number of anilines is 2. The first-order chi connectivity index (χ1) is 12.3. The van der Waals surface area contributed by atoms with Crippen LogP contribution in [0.3, 0.4) is 0 Å². The molecular weight excluding hydrogens is 364 g/mol. The highest BCUT2D eigenvalue weighted by Crippen LogP contribution is 2.34. The molecule has 5 nitrogen and oxygen atoms in total. The summed E-state index contributed by atoms with van der Waals surface area (Å²) in [6, 6.07) is 5.95. The summed E-state index contributed by atoms with van der Waals surface area (Å²) in [7, 11) is 0. The first-order valence-electron chi connectivity index (χ1n) is 8.35. The van der Waals surface area contributed by atoms with Crippen molar-refractivity contribution in [3.8, 4) is 0 Å². The number of para-hydroxylation sites is 1. The fraction of sp³-hybridized carbons (Fsp3) is 0.316. The first-order valence-corrected chi connectivity index (χ1v) is 10.0. The van der Waals surface area contributed by atoms with Gasteiger partial charge < -0.3 is 11.1 Å². The molecule has 0 spiro atoms. The zero-order valence-electron chi connectivity index (χ0n) is 15.5. The number of hydrogen-bond donors (Lipinski definition) is 2. The van der Waals surface area contributed by atoms with Crippen molar-refractivity contribution in [1.82, 2.24) is 9.97 Å². The normalized spacial score (nSPS) is 12.3. The second kappa shape index (κ2) is 7.25. The second-order valence-corrected chi connectivity index (χ2v) is 8.88. The Balaban J connectivity index is 1.80. The number of rotatable bonds is 4. The van der Waals surface area contributed by atoms with Crippen molar-refractivity contribution in [2.24, 2.45) is 0 Å². The second-order valence-electron chi connectivity index (χ2n) is 6.37. The van der Waals surface area contributed by atoms with Gasteiger partial charge in [-0.1, -0.05) is 30.0 Å². The SMILES string of the molecule is Cc1cccc(C)c1NC(=O)C(C)Sc1nc(N)c2c(C)c(C)sc2n1. The first kappa shape index (κ1) is 18.7. The van der Waals surface area contributed by atoms with Crippen molar-refractivity contribution in [2.45, 2.75) is 45.0 Å². The van der Waals surface area contributed by atoms with E-state index >= 15 is 0 Å². The van der Waals surface area contributed by atoms with E-state index in [1.54, 1.807) is 11.3 Å². The van der Waals surface area contributed by atoms with Gasteiger partial charge in [0.05, 0.1) is 10.6 Å². The minimum atomic E-state index is -0.340. The molecule has 0 radical (unpaired) electrons. The summed E-state index contributed by atoms with van der Waals surface area (Å²) in [6.45, 7) is 9.90. The number of amides is 1. The summed E-state index contributed by atoms with van der Waals surface area (Å²) in [5.74, 6) is 0.398. The number of hydrogen-bond acceptors (Lipinski definition) is 6. The molecule has 1 amide bonds. The quantitative estimate of drug-likeness (QED) is 0.505. The third-order valence-electron chi connectivity index (χ3n) is 4.42. The van der Waals surface area contributed by atoms with Crippen LogP contribution in [0.15, 0.2) is 23.4 Å². The number of aryl methyl sites for hydroxylation is 4. The van der Waals surface area contributed by atoms with Gasteiger partial charge in [0, 0.05) is 10.6 Å². The van der Waals surface area contributed by atoms with E-state index in [1.807, 2.05) is 45.9 Å². The van der Waals surface area contributed by atoms with Crippen molar-refractivity contribution in [3.63, 3.8) is 0 Å². The van der Waals surface area contributed by atoms with Crippen LogP contribution in [0.25, 0.3) is 10.2 Å². The van der Waals surface area contributed by atoms with E-state index in [1.165, 1.54) is 16.6 Å². The average Bonchev–Trinajstić information content (AvgIpc) is 2.85. The maximum absolute atomic E-state index is 12.6. The standard InChI is InChI=1S/C19H22N4OS2/c1-9-7-6-8-10(2)15(9)21-17(24)13(5)26-19-22-16(20)14-11(3)12(4)25-18(14)23-19/h6-8,13H,1-5H3,(H,21,24)(H2,20,22,23). The Morgan fingerprint density at radius 1 is 1.19 bits per heavy atom.